The first-order chi connectivity index (χ1) is 7.09. The zero-order valence-electron chi connectivity index (χ0n) is 9.71. The standard InChI is InChI=1S/C10H20N2O3/c1-12(2)9(13)6-10(8-14-3)7-11-4-5-15-10/h11H,4-8H2,1-3H3. The number of carbonyl (C=O) groups is 1. The fourth-order valence-corrected chi connectivity index (χ4v) is 1.66. The molecular formula is C10H20N2O3. The predicted molar refractivity (Wildman–Crippen MR) is 56.7 cm³/mol. The minimum atomic E-state index is -0.492. The Bertz CT molecular complexity index is 207. The van der Waals surface area contributed by atoms with Crippen LogP contribution in [-0.2, 0) is 14.3 Å². The number of rotatable bonds is 4. The van der Waals surface area contributed by atoms with Gasteiger partial charge in [0, 0.05) is 34.3 Å². The molecule has 1 unspecified atom stereocenters. The van der Waals surface area contributed by atoms with Crippen LogP contribution in [0.25, 0.3) is 0 Å². The molecule has 1 aliphatic rings. The number of methoxy groups -OCH3 is 1. The SMILES string of the molecule is COCC1(CC(=O)N(C)C)CNCCO1. The van der Waals surface area contributed by atoms with Crippen molar-refractivity contribution in [3.63, 3.8) is 0 Å². The molecule has 0 saturated carbocycles. The normalized spacial score (nSPS) is 26.3. The monoisotopic (exact) mass is 216 g/mol. The zero-order chi connectivity index (χ0) is 11.3. The number of hydrogen-bond acceptors (Lipinski definition) is 4. The largest absolute Gasteiger partial charge is 0.382 e. The third kappa shape index (κ3) is 3.44. The van der Waals surface area contributed by atoms with E-state index < -0.39 is 5.60 Å². The molecule has 1 saturated heterocycles. The van der Waals surface area contributed by atoms with Crippen LogP contribution in [0.15, 0.2) is 0 Å². The average Bonchev–Trinajstić information content (AvgIpc) is 2.19. The Morgan fingerprint density at radius 1 is 1.60 bits per heavy atom. The van der Waals surface area contributed by atoms with Gasteiger partial charge in [0.1, 0.15) is 5.60 Å². The lowest BCUT2D eigenvalue weighted by molar-refractivity contribution is -0.146. The Morgan fingerprint density at radius 3 is 2.80 bits per heavy atom. The summed E-state index contributed by atoms with van der Waals surface area (Å²) in [5, 5.41) is 3.23. The number of ether oxygens (including phenoxy) is 2. The van der Waals surface area contributed by atoms with Crippen molar-refractivity contribution in [2.24, 2.45) is 0 Å². The number of nitrogens with zero attached hydrogens (tertiary/aromatic N) is 1. The summed E-state index contributed by atoms with van der Waals surface area (Å²) < 4.78 is 10.8. The van der Waals surface area contributed by atoms with Gasteiger partial charge >= 0.3 is 0 Å². The van der Waals surface area contributed by atoms with Crippen molar-refractivity contribution in [2.75, 3.05) is 47.5 Å². The first-order valence-electron chi connectivity index (χ1n) is 5.13. The summed E-state index contributed by atoms with van der Waals surface area (Å²) in [7, 11) is 5.12. The fraction of sp³-hybridized carbons (Fsp3) is 0.900. The molecule has 1 fully saturated rings. The van der Waals surface area contributed by atoms with Gasteiger partial charge in [-0.1, -0.05) is 0 Å². The van der Waals surface area contributed by atoms with Gasteiger partial charge in [-0.2, -0.15) is 0 Å². The highest BCUT2D eigenvalue weighted by atomic mass is 16.5. The van der Waals surface area contributed by atoms with E-state index in [1.165, 1.54) is 0 Å². The molecule has 0 spiro atoms. The molecule has 1 rings (SSSR count). The smallest absolute Gasteiger partial charge is 0.225 e. The van der Waals surface area contributed by atoms with Gasteiger partial charge < -0.3 is 19.7 Å². The van der Waals surface area contributed by atoms with Crippen molar-refractivity contribution in [1.29, 1.82) is 0 Å². The van der Waals surface area contributed by atoms with E-state index in [0.717, 1.165) is 6.54 Å². The van der Waals surface area contributed by atoms with Gasteiger partial charge in [0.25, 0.3) is 0 Å². The molecule has 0 aromatic rings. The maximum Gasteiger partial charge on any atom is 0.225 e. The highest BCUT2D eigenvalue weighted by Crippen LogP contribution is 2.19. The van der Waals surface area contributed by atoms with Crippen molar-refractivity contribution in [3.8, 4) is 0 Å². The minimum absolute atomic E-state index is 0.0655. The van der Waals surface area contributed by atoms with Gasteiger partial charge in [0.05, 0.1) is 19.6 Å². The summed E-state index contributed by atoms with van der Waals surface area (Å²) in [6.45, 7) is 2.58. The summed E-state index contributed by atoms with van der Waals surface area (Å²) in [5.41, 5.74) is -0.492. The molecule has 0 aliphatic carbocycles. The van der Waals surface area contributed by atoms with Crippen molar-refractivity contribution in [3.05, 3.63) is 0 Å². The Morgan fingerprint density at radius 2 is 2.33 bits per heavy atom. The Balaban J connectivity index is 2.59. The van der Waals surface area contributed by atoms with Gasteiger partial charge in [-0.05, 0) is 0 Å². The Hall–Kier alpha value is -0.650. The quantitative estimate of drug-likeness (QED) is 0.686. The van der Waals surface area contributed by atoms with Crippen molar-refractivity contribution < 1.29 is 14.3 Å². The second-order valence-corrected chi connectivity index (χ2v) is 4.11. The lowest BCUT2D eigenvalue weighted by Gasteiger charge is -2.37. The molecule has 1 aliphatic heterocycles. The van der Waals surface area contributed by atoms with Crippen LogP contribution in [0.2, 0.25) is 0 Å². The van der Waals surface area contributed by atoms with Crippen LogP contribution < -0.4 is 5.32 Å². The first kappa shape index (κ1) is 12.4. The third-order valence-corrected chi connectivity index (χ3v) is 2.51. The van der Waals surface area contributed by atoms with Crippen LogP contribution in [0.3, 0.4) is 0 Å². The van der Waals surface area contributed by atoms with E-state index in [1.54, 1.807) is 26.1 Å². The third-order valence-electron chi connectivity index (χ3n) is 2.51. The van der Waals surface area contributed by atoms with Crippen LogP contribution in [0.4, 0.5) is 0 Å². The molecule has 0 radical (unpaired) electrons. The Labute approximate surface area is 90.7 Å². The lowest BCUT2D eigenvalue weighted by atomic mass is 9.98. The van der Waals surface area contributed by atoms with E-state index in [4.69, 9.17) is 9.47 Å². The van der Waals surface area contributed by atoms with Crippen molar-refractivity contribution in [1.82, 2.24) is 10.2 Å². The molecule has 1 N–H and O–H groups in total. The van der Waals surface area contributed by atoms with Crippen molar-refractivity contribution >= 4 is 5.91 Å². The van der Waals surface area contributed by atoms with Crippen LogP contribution in [0.5, 0.6) is 0 Å². The molecular weight excluding hydrogens is 196 g/mol. The molecule has 0 bridgehead atoms. The lowest BCUT2D eigenvalue weighted by Crippen LogP contribution is -2.54. The van der Waals surface area contributed by atoms with Crippen LogP contribution in [-0.4, -0.2) is 63.9 Å². The van der Waals surface area contributed by atoms with Gasteiger partial charge in [-0.3, -0.25) is 4.79 Å². The molecule has 0 aromatic carbocycles. The number of carbonyl (C=O) groups excluding carboxylic acids is 1. The second-order valence-electron chi connectivity index (χ2n) is 4.11. The molecule has 5 heteroatoms. The highest BCUT2D eigenvalue weighted by Gasteiger charge is 2.36. The minimum Gasteiger partial charge on any atom is -0.382 e. The molecule has 1 heterocycles. The van der Waals surface area contributed by atoms with Crippen LogP contribution in [0.1, 0.15) is 6.42 Å². The summed E-state index contributed by atoms with van der Waals surface area (Å²) in [5.74, 6) is 0.0655. The summed E-state index contributed by atoms with van der Waals surface area (Å²) in [4.78, 5) is 13.2. The van der Waals surface area contributed by atoms with Crippen LogP contribution >= 0.6 is 0 Å². The predicted octanol–water partition coefficient (Wildman–Crippen LogP) is -0.530. The molecule has 5 nitrogen and oxygen atoms in total. The van der Waals surface area contributed by atoms with Gasteiger partial charge in [0.2, 0.25) is 5.91 Å². The fourth-order valence-electron chi connectivity index (χ4n) is 1.66. The maximum absolute atomic E-state index is 11.7. The van der Waals surface area contributed by atoms with E-state index in [0.29, 0.717) is 26.2 Å². The van der Waals surface area contributed by atoms with E-state index >= 15 is 0 Å². The molecule has 1 amide bonds. The Kier molecular flexibility index (Phi) is 4.50. The highest BCUT2D eigenvalue weighted by molar-refractivity contribution is 5.76. The summed E-state index contributed by atoms with van der Waals surface area (Å²) >= 11 is 0. The topological polar surface area (TPSA) is 50.8 Å². The van der Waals surface area contributed by atoms with Gasteiger partial charge in [0.15, 0.2) is 0 Å². The van der Waals surface area contributed by atoms with E-state index in [1.807, 2.05) is 0 Å². The molecule has 1 atom stereocenters. The summed E-state index contributed by atoms with van der Waals surface area (Å²) in [6.07, 6.45) is 0.362. The first-order valence-corrected chi connectivity index (χ1v) is 5.13. The van der Waals surface area contributed by atoms with Gasteiger partial charge in [-0.25, -0.2) is 0 Å². The number of nitrogens with one attached hydrogen (secondary N) is 1. The molecule has 88 valence electrons. The molecule has 15 heavy (non-hydrogen) atoms. The molecule has 0 aromatic heterocycles. The maximum atomic E-state index is 11.7. The van der Waals surface area contributed by atoms with Gasteiger partial charge in [-0.15, -0.1) is 0 Å². The van der Waals surface area contributed by atoms with Crippen LogP contribution in [0, 0.1) is 0 Å². The van der Waals surface area contributed by atoms with E-state index in [-0.39, 0.29) is 5.91 Å². The van der Waals surface area contributed by atoms with E-state index in [9.17, 15) is 4.79 Å². The second kappa shape index (κ2) is 5.44. The van der Waals surface area contributed by atoms with Crippen molar-refractivity contribution in [2.45, 2.75) is 12.0 Å². The van der Waals surface area contributed by atoms with E-state index in [2.05, 4.69) is 5.32 Å². The number of morpholine rings is 1. The number of hydrogen-bond donors (Lipinski definition) is 1. The number of amides is 1. The summed E-state index contributed by atoms with van der Waals surface area (Å²) in [6, 6.07) is 0. The average molecular weight is 216 g/mol. The zero-order valence-corrected chi connectivity index (χ0v) is 9.71.